The molecule has 4 atom stereocenters. The Balaban J connectivity index is 1.81. The maximum absolute atomic E-state index is 14.2. The SMILES string of the molecule is CC(C)C[C@@H]1NC(=O)[C@H](Cc2ccccc2)N(C)C(=O)[C@H](C)NC(=O)c2ccccc2NC(=O)[C@H](Cc2ccc(O)cc2)N(C)C1=O. The van der Waals surface area contributed by atoms with Crippen molar-refractivity contribution in [2.75, 3.05) is 19.4 Å². The van der Waals surface area contributed by atoms with E-state index in [1.807, 2.05) is 44.2 Å². The number of rotatable bonds is 6. The van der Waals surface area contributed by atoms with Crippen LogP contribution in [-0.4, -0.2) is 82.7 Å². The molecule has 0 aromatic heterocycles. The Hall–Kier alpha value is -5.19. The smallest absolute Gasteiger partial charge is 0.254 e. The number of phenolic OH excluding ortho intramolecular Hbond substituents is 1. The summed E-state index contributed by atoms with van der Waals surface area (Å²) in [7, 11) is 3.02. The van der Waals surface area contributed by atoms with E-state index in [-0.39, 0.29) is 42.2 Å². The predicted octanol–water partition coefficient (Wildman–Crippen LogP) is 3.13. The van der Waals surface area contributed by atoms with E-state index in [0.29, 0.717) is 5.56 Å². The van der Waals surface area contributed by atoms with Crippen molar-refractivity contribution in [3.8, 4) is 5.75 Å². The second-order valence-corrected chi connectivity index (χ2v) is 12.4. The topological polar surface area (TPSA) is 148 Å². The lowest BCUT2D eigenvalue weighted by molar-refractivity contribution is -0.143. The monoisotopic (exact) mass is 641 g/mol. The summed E-state index contributed by atoms with van der Waals surface area (Å²) in [5.74, 6) is -2.60. The zero-order chi connectivity index (χ0) is 34.2. The fraction of sp³-hybridized carbons (Fsp3) is 0.361. The van der Waals surface area contributed by atoms with Crippen LogP contribution in [0.1, 0.15) is 48.7 Å². The minimum absolute atomic E-state index is 0.00154. The maximum atomic E-state index is 14.2. The van der Waals surface area contributed by atoms with Crippen LogP contribution in [0, 0.1) is 5.92 Å². The molecule has 4 rings (SSSR count). The number of carbonyl (C=O) groups is 5. The molecule has 0 spiro atoms. The third-order valence-corrected chi connectivity index (χ3v) is 8.34. The molecule has 11 heteroatoms. The number of amides is 5. The Labute approximate surface area is 275 Å². The first-order valence-electron chi connectivity index (χ1n) is 15.7. The van der Waals surface area contributed by atoms with E-state index in [0.717, 1.165) is 5.56 Å². The van der Waals surface area contributed by atoms with E-state index >= 15 is 0 Å². The Morgan fingerprint density at radius 3 is 1.89 bits per heavy atom. The number of nitrogens with zero attached hydrogens (tertiary/aromatic N) is 2. The van der Waals surface area contributed by atoms with Gasteiger partial charge in [-0.25, -0.2) is 0 Å². The normalized spacial score (nSPS) is 21.6. The number of hydrogen-bond donors (Lipinski definition) is 4. The van der Waals surface area contributed by atoms with Crippen molar-refractivity contribution >= 4 is 35.2 Å². The van der Waals surface area contributed by atoms with Crippen LogP contribution >= 0.6 is 0 Å². The van der Waals surface area contributed by atoms with Gasteiger partial charge in [0, 0.05) is 26.9 Å². The maximum Gasteiger partial charge on any atom is 0.254 e. The number of benzene rings is 3. The second kappa shape index (κ2) is 15.4. The van der Waals surface area contributed by atoms with Gasteiger partial charge >= 0.3 is 0 Å². The number of fused-ring (bicyclic) bond motifs is 1. The van der Waals surface area contributed by atoms with E-state index < -0.39 is 53.7 Å². The number of nitrogens with one attached hydrogen (secondary N) is 3. The van der Waals surface area contributed by atoms with Crippen molar-refractivity contribution in [3.05, 3.63) is 95.6 Å². The summed E-state index contributed by atoms with van der Waals surface area (Å²) in [6, 6.07) is 17.9. The number of para-hydroxylation sites is 1. The van der Waals surface area contributed by atoms with Crippen LogP contribution in [0.25, 0.3) is 0 Å². The highest BCUT2D eigenvalue weighted by atomic mass is 16.3. The van der Waals surface area contributed by atoms with E-state index in [4.69, 9.17) is 0 Å². The number of phenols is 1. The molecule has 4 N–H and O–H groups in total. The van der Waals surface area contributed by atoms with Gasteiger partial charge in [-0.3, -0.25) is 24.0 Å². The largest absolute Gasteiger partial charge is 0.508 e. The summed E-state index contributed by atoms with van der Waals surface area (Å²) in [6.07, 6.45) is 0.548. The van der Waals surface area contributed by atoms with Crippen molar-refractivity contribution in [2.45, 2.75) is 64.2 Å². The first-order valence-corrected chi connectivity index (χ1v) is 15.7. The van der Waals surface area contributed by atoms with Crippen LogP contribution < -0.4 is 16.0 Å². The molecule has 1 heterocycles. The van der Waals surface area contributed by atoms with E-state index in [2.05, 4.69) is 16.0 Å². The lowest BCUT2D eigenvalue weighted by atomic mass is 9.98. The van der Waals surface area contributed by atoms with Crippen molar-refractivity contribution in [3.63, 3.8) is 0 Å². The summed E-state index contributed by atoms with van der Waals surface area (Å²) in [5.41, 5.74) is 1.83. The Kier molecular flexibility index (Phi) is 11.4. The van der Waals surface area contributed by atoms with Gasteiger partial charge in [-0.1, -0.05) is 68.4 Å². The highest BCUT2D eigenvalue weighted by Gasteiger charge is 2.37. The quantitative estimate of drug-likeness (QED) is 0.325. The summed E-state index contributed by atoms with van der Waals surface area (Å²) in [4.78, 5) is 72.0. The van der Waals surface area contributed by atoms with Gasteiger partial charge in [-0.15, -0.1) is 0 Å². The first-order chi connectivity index (χ1) is 22.3. The van der Waals surface area contributed by atoms with Gasteiger partial charge in [-0.2, -0.15) is 0 Å². The molecule has 1 aliphatic heterocycles. The molecule has 11 nitrogen and oxygen atoms in total. The zero-order valence-corrected chi connectivity index (χ0v) is 27.4. The molecule has 47 heavy (non-hydrogen) atoms. The van der Waals surface area contributed by atoms with Crippen molar-refractivity contribution in [1.82, 2.24) is 20.4 Å². The molecule has 0 bridgehead atoms. The van der Waals surface area contributed by atoms with Crippen LogP contribution in [0.5, 0.6) is 5.75 Å². The van der Waals surface area contributed by atoms with Gasteiger partial charge < -0.3 is 30.9 Å². The number of hydrogen-bond acceptors (Lipinski definition) is 6. The molecular formula is C36H43N5O6. The highest BCUT2D eigenvalue weighted by molar-refractivity contribution is 6.07. The number of aromatic hydroxyl groups is 1. The van der Waals surface area contributed by atoms with Crippen molar-refractivity contribution < 1.29 is 29.1 Å². The van der Waals surface area contributed by atoms with Crippen LogP contribution in [0.15, 0.2) is 78.9 Å². The Morgan fingerprint density at radius 1 is 0.702 bits per heavy atom. The molecule has 0 fully saturated rings. The molecule has 3 aromatic rings. The summed E-state index contributed by atoms with van der Waals surface area (Å²) < 4.78 is 0. The van der Waals surface area contributed by atoms with Crippen molar-refractivity contribution in [2.24, 2.45) is 5.92 Å². The summed E-state index contributed by atoms with van der Waals surface area (Å²) in [6.45, 7) is 5.39. The summed E-state index contributed by atoms with van der Waals surface area (Å²) >= 11 is 0. The third kappa shape index (κ3) is 8.75. The number of likely N-dealkylation sites (N-methyl/N-ethyl adjacent to an activating group) is 2. The average Bonchev–Trinajstić information content (AvgIpc) is 3.05. The first kappa shape index (κ1) is 34.7. The average molecular weight is 642 g/mol. The van der Waals surface area contributed by atoms with Crippen molar-refractivity contribution in [1.29, 1.82) is 0 Å². The second-order valence-electron chi connectivity index (χ2n) is 12.4. The van der Waals surface area contributed by atoms with Crippen LogP contribution in [0.4, 0.5) is 5.69 Å². The Bertz CT molecular complexity index is 1590. The fourth-order valence-corrected chi connectivity index (χ4v) is 5.67. The molecule has 5 amide bonds. The van der Waals surface area contributed by atoms with Gasteiger partial charge in [0.25, 0.3) is 5.91 Å². The molecule has 248 valence electrons. The highest BCUT2D eigenvalue weighted by Crippen LogP contribution is 2.21. The molecule has 0 radical (unpaired) electrons. The van der Waals surface area contributed by atoms with E-state index in [1.165, 1.54) is 49.0 Å². The van der Waals surface area contributed by atoms with Gasteiger partial charge in [-0.05, 0) is 54.7 Å². The molecule has 0 aliphatic carbocycles. The molecule has 0 unspecified atom stereocenters. The molecule has 1 aliphatic rings. The fourth-order valence-electron chi connectivity index (χ4n) is 5.67. The molecular weight excluding hydrogens is 598 g/mol. The molecule has 0 saturated carbocycles. The third-order valence-electron chi connectivity index (χ3n) is 8.34. The Morgan fingerprint density at radius 2 is 1.26 bits per heavy atom. The number of anilines is 1. The predicted molar refractivity (Wildman–Crippen MR) is 178 cm³/mol. The lowest BCUT2D eigenvalue weighted by Crippen LogP contribution is -2.59. The minimum atomic E-state index is -1.05. The van der Waals surface area contributed by atoms with Gasteiger partial charge in [0.2, 0.25) is 23.6 Å². The van der Waals surface area contributed by atoms with Crippen LogP contribution in [-0.2, 0) is 32.0 Å². The zero-order valence-electron chi connectivity index (χ0n) is 27.4. The van der Waals surface area contributed by atoms with E-state index in [9.17, 15) is 29.1 Å². The van der Waals surface area contributed by atoms with Gasteiger partial charge in [0.1, 0.15) is 29.9 Å². The van der Waals surface area contributed by atoms with E-state index in [1.54, 1.807) is 30.3 Å². The minimum Gasteiger partial charge on any atom is -0.508 e. The summed E-state index contributed by atoms with van der Waals surface area (Å²) in [5, 5.41) is 18.2. The lowest BCUT2D eigenvalue weighted by Gasteiger charge is -2.34. The van der Waals surface area contributed by atoms with Crippen LogP contribution in [0.2, 0.25) is 0 Å². The standard InChI is InChI=1S/C36H43N5O6/c1-22(2)19-29-36(47)41(5)31(21-25-15-17-26(42)18-16-25)33(44)38-28-14-10-9-13-27(28)32(43)37-23(3)35(46)40(4)30(34(45)39-29)20-24-11-7-6-8-12-24/h6-18,22-23,29-31,42H,19-21H2,1-5H3,(H,37,43)(H,38,44)(H,39,45)/t23-,29-,30-,31-/m0/s1. The molecule has 3 aromatic carbocycles. The van der Waals surface area contributed by atoms with Gasteiger partial charge in [0.05, 0.1) is 11.3 Å². The van der Waals surface area contributed by atoms with Crippen LogP contribution in [0.3, 0.4) is 0 Å². The molecule has 0 saturated heterocycles. The number of carbonyl (C=O) groups excluding carboxylic acids is 5. The van der Waals surface area contributed by atoms with Gasteiger partial charge in [0.15, 0.2) is 0 Å².